The van der Waals surface area contributed by atoms with Gasteiger partial charge in [0.1, 0.15) is 5.25 Å². The van der Waals surface area contributed by atoms with Crippen molar-refractivity contribution in [2.24, 2.45) is 0 Å². The molecule has 0 radical (unpaired) electrons. The number of benzene rings is 3. The molecular formula is C23H22N2OS. The van der Waals surface area contributed by atoms with Gasteiger partial charge in [-0.05, 0) is 47.4 Å². The number of carbonyl (C=O) groups excluding carboxylic acids is 1. The van der Waals surface area contributed by atoms with E-state index < -0.39 is 0 Å². The second-order valence-corrected chi connectivity index (χ2v) is 7.93. The number of nitrogen functional groups attached to an aromatic ring is 1. The van der Waals surface area contributed by atoms with E-state index in [1.807, 2.05) is 65.6 Å². The number of rotatable bonds is 4. The first-order valence-electron chi connectivity index (χ1n) is 9.13. The van der Waals surface area contributed by atoms with Crippen molar-refractivity contribution in [2.75, 3.05) is 12.3 Å². The summed E-state index contributed by atoms with van der Waals surface area (Å²) in [6.45, 7) is 1.45. The van der Waals surface area contributed by atoms with E-state index in [1.54, 1.807) is 11.8 Å². The fourth-order valence-electron chi connectivity index (χ4n) is 3.42. The molecule has 0 aliphatic carbocycles. The molecule has 0 fully saturated rings. The van der Waals surface area contributed by atoms with Crippen molar-refractivity contribution >= 4 is 23.4 Å². The Morgan fingerprint density at radius 3 is 2.30 bits per heavy atom. The molecule has 1 unspecified atom stereocenters. The predicted molar refractivity (Wildman–Crippen MR) is 111 cm³/mol. The highest BCUT2D eigenvalue weighted by molar-refractivity contribution is 8.00. The minimum Gasteiger partial charge on any atom is -0.399 e. The SMILES string of the molecule is Nc1ccc(SC(C(=O)N2CCc3ccccc3C2)c2ccccc2)cc1. The van der Waals surface area contributed by atoms with Crippen LogP contribution in [0.2, 0.25) is 0 Å². The van der Waals surface area contributed by atoms with Gasteiger partial charge in [0.2, 0.25) is 5.91 Å². The molecule has 2 N–H and O–H groups in total. The van der Waals surface area contributed by atoms with Crippen LogP contribution in [-0.4, -0.2) is 17.4 Å². The van der Waals surface area contributed by atoms with Crippen molar-refractivity contribution in [3.8, 4) is 0 Å². The molecule has 3 nitrogen and oxygen atoms in total. The van der Waals surface area contributed by atoms with E-state index in [0.29, 0.717) is 6.54 Å². The van der Waals surface area contributed by atoms with E-state index in [-0.39, 0.29) is 11.2 Å². The van der Waals surface area contributed by atoms with E-state index in [4.69, 9.17) is 5.73 Å². The number of hydrogen-bond donors (Lipinski definition) is 1. The summed E-state index contributed by atoms with van der Waals surface area (Å²) in [6.07, 6.45) is 0.913. The van der Waals surface area contributed by atoms with E-state index in [9.17, 15) is 4.79 Å². The van der Waals surface area contributed by atoms with E-state index in [0.717, 1.165) is 29.1 Å². The molecular weight excluding hydrogens is 352 g/mol. The Morgan fingerprint density at radius 1 is 0.889 bits per heavy atom. The van der Waals surface area contributed by atoms with Crippen LogP contribution >= 0.6 is 11.8 Å². The third-order valence-electron chi connectivity index (χ3n) is 4.90. The highest BCUT2D eigenvalue weighted by atomic mass is 32.2. The number of nitrogens with two attached hydrogens (primary N) is 1. The second-order valence-electron chi connectivity index (χ2n) is 6.76. The molecule has 1 atom stereocenters. The molecule has 1 amide bonds. The Hall–Kier alpha value is -2.72. The maximum atomic E-state index is 13.5. The van der Waals surface area contributed by atoms with Crippen LogP contribution in [0.4, 0.5) is 5.69 Å². The number of carbonyl (C=O) groups is 1. The molecule has 0 aromatic heterocycles. The average Bonchev–Trinajstić information content (AvgIpc) is 2.73. The first-order chi connectivity index (χ1) is 13.2. The maximum absolute atomic E-state index is 13.5. The molecule has 0 spiro atoms. The monoisotopic (exact) mass is 374 g/mol. The van der Waals surface area contributed by atoms with Crippen LogP contribution in [0.25, 0.3) is 0 Å². The fourth-order valence-corrected chi connectivity index (χ4v) is 4.53. The van der Waals surface area contributed by atoms with Gasteiger partial charge in [-0.15, -0.1) is 11.8 Å². The summed E-state index contributed by atoms with van der Waals surface area (Å²) in [6, 6.07) is 26.2. The van der Waals surface area contributed by atoms with Crippen LogP contribution in [0.5, 0.6) is 0 Å². The Morgan fingerprint density at radius 2 is 1.56 bits per heavy atom. The summed E-state index contributed by atoms with van der Waals surface area (Å²) < 4.78 is 0. The number of amides is 1. The Kier molecular flexibility index (Phi) is 5.16. The fraction of sp³-hybridized carbons (Fsp3) is 0.174. The largest absolute Gasteiger partial charge is 0.399 e. The number of hydrogen-bond acceptors (Lipinski definition) is 3. The maximum Gasteiger partial charge on any atom is 0.240 e. The minimum absolute atomic E-state index is 0.164. The third-order valence-corrected chi connectivity index (χ3v) is 6.16. The quantitative estimate of drug-likeness (QED) is 0.532. The van der Waals surface area contributed by atoms with Crippen molar-refractivity contribution in [1.29, 1.82) is 0 Å². The number of anilines is 1. The van der Waals surface area contributed by atoms with Gasteiger partial charge < -0.3 is 10.6 Å². The first-order valence-corrected chi connectivity index (χ1v) is 10.0. The lowest BCUT2D eigenvalue weighted by molar-refractivity contribution is -0.131. The van der Waals surface area contributed by atoms with Gasteiger partial charge in [-0.3, -0.25) is 4.79 Å². The lowest BCUT2D eigenvalue weighted by Crippen LogP contribution is -2.38. The van der Waals surface area contributed by atoms with Crippen molar-refractivity contribution in [2.45, 2.75) is 23.1 Å². The lowest BCUT2D eigenvalue weighted by atomic mass is 9.99. The summed E-state index contributed by atoms with van der Waals surface area (Å²) in [4.78, 5) is 16.5. The number of nitrogens with zero attached hydrogens (tertiary/aromatic N) is 1. The Labute approximate surface area is 164 Å². The highest BCUT2D eigenvalue weighted by Gasteiger charge is 2.29. The lowest BCUT2D eigenvalue weighted by Gasteiger charge is -2.32. The zero-order chi connectivity index (χ0) is 18.6. The number of fused-ring (bicyclic) bond motifs is 1. The predicted octanol–water partition coefficient (Wildman–Crippen LogP) is 4.69. The second kappa shape index (κ2) is 7.89. The van der Waals surface area contributed by atoms with Gasteiger partial charge in [0.25, 0.3) is 0 Å². The smallest absolute Gasteiger partial charge is 0.240 e. The average molecular weight is 375 g/mol. The van der Waals surface area contributed by atoms with E-state index in [2.05, 4.69) is 18.2 Å². The first kappa shape index (κ1) is 17.7. The number of thioether (sulfide) groups is 1. The molecule has 4 heteroatoms. The van der Waals surface area contributed by atoms with Crippen LogP contribution in [0.1, 0.15) is 21.9 Å². The van der Waals surface area contributed by atoms with E-state index in [1.165, 1.54) is 11.1 Å². The van der Waals surface area contributed by atoms with Crippen LogP contribution in [0.15, 0.2) is 83.8 Å². The third kappa shape index (κ3) is 4.01. The van der Waals surface area contributed by atoms with Crippen LogP contribution < -0.4 is 5.73 Å². The van der Waals surface area contributed by atoms with Crippen molar-refractivity contribution < 1.29 is 4.79 Å². The van der Waals surface area contributed by atoms with E-state index >= 15 is 0 Å². The molecule has 0 saturated heterocycles. The molecule has 3 aromatic rings. The van der Waals surface area contributed by atoms with Crippen LogP contribution in [0.3, 0.4) is 0 Å². The van der Waals surface area contributed by atoms with Crippen molar-refractivity contribution in [3.05, 3.63) is 95.6 Å². The van der Waals surface area contributed by atoms with Gasteiger partial charge in [0.15, 0.2) is 0 Å². The standard InChI is InChI=1S/C23H22N2OS/c24-20-10-12-21(13-11-20)27-22(18-7-2-1-3-8-18)23(26)25-15-14-17-6-4-5-9-19(17)16-25/h1-13,22H,14-16,24H2. The molecule has 3 aromatic carbocycles. The molecule has 1 heterocycles. The normalized spacial score (nSPS) is 14.4. The summed E-state index contributed by atoms with van der Waals surface area (Å²) in [7, 11) is 0. The topological polar surface area (TPSA) is 46.3 Å². The minimum atomic E-state index is -0.264. The van der Waals surface area contributed by atoms with Crippen molar-refractivity contribution in [3.63, 3.8) is 0 Å². The van der Waals surface area contributed by atoms with Gasteiger partial charge in [-0.25, -0.2) is 0 Å². The highest BCUT2D eigenvalue weighted by Crippen LogP contribution is 2.38. The Bertz CT molecular complexity index is 925. The van der Waals surface area contributed by atoms with Gasteiger partial charge >= 0.3 is 0 Å². The Balaban J connectivity index is 1.60. The molecule has 1 aliphatic heterocycles. The van der Waals surface area contributed by atoms with Gasteiger partial charge in [0, 0.05) is 23.7 Å². The van der Waals surface area contributed by atoms with Gasteiger partial charge in [-0.1, -0.05) is 54.6 Å². The molecule has 0 bridgehead atoms. The zero-order valence-corrected chi connectivity index (χ0v) is 15.9. The molecule has 136 valence electrons. The van der Waals surface area contributed by atoms with Gasteiger partial charge in [-0.2, -0.15) is 0 Å². The zero-order valence-electron chi connectivity index (χ0n) is 15.0. The molecule has 4 rings (SSSR count). The summed E-state index contributed by atoms with van der Waals surface area (Å²) in [5, 5.41) is -0.264. The summed E-state index contributed by atoms with van der Waals surface area (Å²) >= 11 is 1.59. The molecule has 27 heavy (non-hydrogen) atoms. The summed E-state index contributed by atoms with van der Waals surface area (Å²) in [5.41, 5.74) is 10.2. The molecule has 0 saturated carbocycles. The van der Waals surface area contributed by atoms with Crippen molar-refractivity contribution in [1.82, 2.24) is 4.90 Å². The van der Waals surface area contributed by atoms with Crippen LogP contribution in [0, 0.1) is 0 Å². The van der Waals surface area contributed by atoms with Gasteiger partial charge in [0.05, 0.1) is 0 Å². The summed E-state index contributed by atoms with van der Waals surface area (Å²) in [5.74, 6) is 0.164. The molecule has 1 aliphatic rings. The van der Waals surface area contributed by atoms with Crippen LogP contribution in [-0.2, 0) is 17.8 Å².